The van der Waals surface area contributed by atoms with E-state index >= 15 is 0 Å². The van der Waals surface area contributed by atoms with Crippen molar-refractivity contribution in [3.05, 3.63) is 76.2 Å². The first-order valence-electron chi connectivity index (χ1n) is 8.73. The second-order valence-electron chi connectivity index (χ2n) is 6.62. The van der Waals surface area contributed by atoms with Crippen LogP contribution in [-0.2, 0) is 17.9 Å². The number of hydrogen-bond donors (Lipinski definition) is 0. The second-order valence-corrected chi connectivity index (χ2v) is 6.62. The summed E-state index contributed by atoms with van der Waals surface area (Å²) < 4.78 is 1.21. The van der Waals surface area contributed by atoms with Crippen molar-refractivity contribution in [1.82, 2.24) is 14.7 Å². The van der Waals surface area contributed by atoms with Gasteiger partial charge in [-0.05, 0) is 37.6 Å². The number of hydrogen-bond acceptors (Lipinski definition) is 4. The SMILES string of the molecule is CC(C)N(Cc1ccc(C#N)cc1)C(=O)Cn1ncc2ccccc2c1=O. The van der Waals surface area contributed by atoms with Crippen LogP contribution in [0, 0.1) is 11.3 Å². The molecule has 0 radical (unpaired) electrons. The first-order chi connectivity index (χ1) is 13.0. The van der Waals surface area contributed by atoms with Gasteiger partial charge in [0.2, 0.25) is 5.91 Å². The fourth-order valence-electron chi connectivity index (χ4n) is 2.90. The van der Waals surface area contributed by atoms with Crippen molar-refractivity contribution in [3.8, 4) is 6.07 Å². The Labute approximate surface area is 157 Å². The zero-order chi connectivity index (χ0) is 19.4. The first kappa shape index (κ1) is 18.3. The van der Waals surface area contributed by atoms with Crippen molar-refractivity contribution in [2.75, 3.05) is 0 Å². The van der Waals surface area contributed by atoms with E-state index in [1.54, 1.807) is 35.4 Å². The summed E-state index contributed by atoms with van der Waals surface area (Å²) >= 11 is 0. The number of carbonyl (C=O) groups is 1. The monoisotopic (exact) mass is 360 g/mol. The van der Waals surface area contributed by atoms with E-state index in [-0.39, 0.29) is 24.1 Å². The molecule has 0 aliphatic rings. The fourth-order valence-corrected chi connectivity index (χ4v) is 2.90. The minimum Gasteiger partial charge on any atom is -0.334 e. The lowest BCUT2D eigenvalue weighted by Crippen LogP contribution is -2.40. The number of fused-ring (bicyclic) bond motifs is 1. The summed E-state index contributed by atoms with van der Waals surface area (Å²) in [6.45, 7) is 4.15. The van der Waals surface area contributed by atoms with Gasteiger partial charge < -0.3 is 4.90 Å². The summed E-state index contributed by atoms with van der Waals surface area (Å²) in [5.41, 5.74) is 1.23. The van der Waals surface area contributed by atoms with Crippen molar-refractivity contribution < 1.29 is 4.79 Å². The highest BCUT2D eigenvalue weighted by Crippen LogP contribution is 2.11. The predicted molar refractivity (Wildman–Crippen MR) is 103 cm³/mol. The molecule has 6 nitrogen and oxygen atoms in total. The van der Waals surface area contributed by atoms with Gasteiger partial charge in [0.15, 0.2) is 0 Å². The molecule has 3 aromatic rings. The quantitative estimate of drug-likeness (QED) is 0.701. The van der Waals surface area contributed by atoms with E-state index in [0.717, 1.165) is 10.9 Å². The lowest BCUT2D eigenvalue weighted by molar-refractivity contribution is -0.134. The van der Waals surface area contributed by atoms with Crippen LogP contribution in [0.3, 0.4) is 0 Å². The molecule has 1 heterocycles. The molecular weight excluding hydrogens is 340 g/mol. The smallest absolute Gasteiger partial charge is 0.275 e. The normalized spacial score (nSPS) is 10.7. The summed E-state index contributed by atoms with van der Waals surface area (Å²) in [6.07, 6.45) is 1.60. The van der Waals surface area contributed by atoms with Crippen LogP contribution in [-0.4, -0.2) is 26.6 Å². The van der Waals surface area contributed by atoms with Crippen LogP contribution in [0.5, 0.6) is 0 Å². The van der Waals surface area contributed by atoms with E-state index in [2.05, 4.69) is 11.2 Å². The third-order valence-corrected chi connectivity index (χ3v) is 4.43. The zero-order valence-electron chi connectivity index (χ0n) is 15.3. The van der Waals surface area contributed by atoms with Crippen LogP contribution in [0.15, 0.2) is 59.5 Å². The predicted octanol–water partition coefficient (Wildman–Crippen LogP) is 2.71. The van der Waals surface area contributed by atoms with Gasteiger partial charge in [0.1, 0.15) is 6.54 Å². The van der Waals surface area contributed by atoms with Gasteiger partial charge >= 0.3 is 0 Å². The van der Waals surface area contributed by atoms with Crippen molar-refractivity contribution >= 4 is 16.7 Å². The fraction of sp³-hybridized carbons (Fsp3) is 0.238. The van der Waals surface area contributed by atoms with Crippen LogP contribution < -0.4 is 5.56 Å². The van der Waals surface area contributed by atoms with Gasteiger partial charge in [-0.15, -0.1) is 0 Å². The minimum atomic E-state index is -0.275. The average Bonchev–Trinajstić information content (AvgIpc) is 2.68. The zero-order valence-corrected chi connectivity index (χ0v) is 15.3. The number of carbonyl (C=O) groups excluding carboxylic acids is 1. The summed E-state index contributed by atoms with van der Waals surface area (Å²) in [6, 6.07) is 16.4. The third kappa shape index (κ3) is 4.04. The molecule has 0 N–H and O–H groups in total. The molecule has 0 atom stereocenters. The van der Waals surface area contributed by atoms with E-state index in [1.807, 2.05) is 38.1 Å². The molecule has 2 aromatic carbocycles. The van der Waals surface area contributed by atoms with Crippen molar-refractivity contribution in [2.24, 2.45) is 0 Å². The summed E-state index contributed by atoms with van der Waals surface area (Å²) in [7, 11) is 0. The number of nitriles is 1. The molecule has 0 fully saturated rings. The lowest BCUT2D eigenvalue weighted by atomic mass is 10.1. The average molecular weight is 360 g/mol. The lowest BCUT2D eigenvalue weighted by Gasteiger charge is -2.27. The van der Waals surface area contributed by atoms with Gasteiger partial charge in [-0.3, -0.25) is 9.59 Å². The Morgan fingerprint density at radius 1 is 1.19 bits per heavy atom. The van der Waals surface area contributed by atoms with Gasteiger partial charge in [0.05, 0.1) is 23.2 Å². The second kappa shape index (κ2) is 7.83. The molecule has 0 unspecified atom stereocenters. The van der Waals surface area contributed by atoms with Crippen molar-refractivity contribution in [3.63, 3.8) is 0 Å². The van der Waals surface area contributed by atoms with E-state index in [0.29, 0.717) is 17.5 Å². The van der Waals surface area contributed by atoms with E-state index in [4.69, 9.17) is 5.26 Å². The molecule has 0 aliphatic heterocycles. The third-order valence-electron chi connectivity index (χ3n) is 4.43. The standard InChI is InChI=1S/C21H20N4O2/c1-15(2)24(13-17-9-7-16(11-22)8-10-17)20(26)14-25-21(27)19-6-4-3-5-18(19)12-23-25/h3-10,12,15H,13-14H2,1-2H3. The largest absolute Gasteiger partial charge is 0.334 e. The topological polar surface area (TPSA) is 79.0 Å². The van der Waals surface area contributed by atoms with Crippen LogP contribution in [0.4, 0.5) is 0 Å². The molecule has 136 valence electrons. The summed E-state index contributed by atoms with van der Waals surface area (Å²) in [5, 5.41) is 14.3. The van der Waals surface area contributed by atoms with Crippen molar-refractivity contribution in [2.45, 2.75) is 33.0 Å². The Hall–Kier alpha value is -3.46. The number of benzene rings is 2. The van der Waals surface area contributed by atoms with Gasteiger partial charge in [0.25, 0.3) is 5.56 Å². The number of amides is 1. The van der Waals surface area contributed by atoms with E-state index in [1.165, 1.54) is 4.68 Å². The van der Waals surface area contributed by atoms with Crippen molar-refractivity contribution in [1.29, 1.82) is 5.26 Å². The maximum absolute atomic E-state index is 12.8. The van der Waals surface area contributed by atoms with Crippen LogP contribution >= 0.6 is 0 Å². The maximum Gasteiger partial charge on any atom is 0.275 e. The molecule has 0 aliphatic carbocycles. The Bertz CT molecular complexity index is 1060. The molecule has 27 heavy (non-hydrogen) atoms. The molecule has 1 amide bonds. The Morgan fingerprint density at radius 3 is 2.56 bits per heavy atom. The minimum absolute atomic E-state index is 0.0377. The molecule has 0 bridgehead atoms. The molecule has 0 saturated heterocycles. The van der Waals surface area contributed by atoms with Gasteiger partial charge in [-0.1, -0.05) is 30.3 Å². The molecule has 6 heteroatoms. The van der Waals surface area contributed by atoms with Crippen LogP contribution in [0.2, 0.25) is 0 Å². The highest BCUT2D eigenvalue weighted by Gasteiger charge is 2.19. The van der Waals surface area contributed by atoms with Gasteiger partial charge in [-0.25, -0.2) is 4.68 Å². The number of aromatic nitrogens is 2. The molecular formula is C21H20N4O2. The van der Waals surface area contributed by atoms with Gasteiger partial charge in [0, 0.05) is 18.0 Å². The molecule has 3 rings (SSSR count). The molecule has 0 spiro atoms. The van der Waals surface area contributed by atoms with E-state index < -0.39 is 0 Å². The van der Waals surface area contributed by atoms with Crippen LogP contribution in [0.25, 0.3) is 10.8 Å². The molecule has 1 aromatic heterocycles. The summed E-state index contributed by atoms with van der Waals surface area (Å²) in [5.74, 6) is -0.181. The Kier molecular flexibility index (Phi) is 5.32. The number of nitrogens with zero attached hydrogens (tertiary/aromatic N) is 4. The number of rotatable bonds is 5. The first-order valence-corrected chi connectivity index (χ1v) is 8.73. The maximum atomic E-state index is 12.8. The van der Waals surface area contributed by atoms with Crippen LogP contribution in [0.1, 0.15) is 25.0 Å². The summed E-state index contributed by atoms with van der Waals surface area (Å²) in [4.78, 5) is 27.1. The van der Waals surface area contributed by atoms with E-state index in [9.17, 15) is 9.59 Å². The Balaban J connectivity index is 1.82. The highest BCUT2D eigenvalue weighted by molar-refractivity contribution is 5.81. The van der Waals surface area contributed by atoms with Gasteiger partial charge in [-0.2, -0.15) is 10.4 Å². The molecule has 0 saturated carbocycles. The Morgan fingerprint density at radius 2 is 1.89 bits per heavy atom. The highest BCUT2D eigenvalue weighted by atomic mass is 16.2.